The topological polar surface area (TPSA) is 43.1 Å². The van der Waals surface area contributed by atoms with Crippen LogP contribution in [-0.2, 0) is 11.8 Å². The van der Waals surface area contributed by atoms with Gasteiger partial charge < -0.3 is 0 Å². The van der Waals surface area contributed by atoms with Gasteiger partial charge in [-0.25, -0.2) is 0 Å². The molecule has 1 atom stereocenters. The number of nitro groups is 1. The Bertz CT molecular complexity index is 598. The fraction of sp³-hybridized carbons (Fsp3) is 0.727. The molecule has 1 aromatic carbocycles. The zero-order valence-corrected chi connectivity index (χ0v) is 17.7. The predicted molar refractivity (Wildman–Crippen MR) is 107 cm³/mol. The highest BCUT2D eigenvalue weighted by Crippen LogP contribution is 2.40. The summed E-state index contributed by atoms with van der Waals surface area (Å²) in [5, 5.41) is 11.8. The van der Waals surface area contributed by atoms with Crippen molar-refractivity contribution in [3.8, 4) is 0 Å². The average molecular weight is 348 g/mol. The zero-order chi connectivity index (χ0) is 19.6. The molecule has 1 unspecified atom stereocenters. The maximum absolute atomic E-state index is 11.8. The van der Waals surface area contributed by atoms with Crippen molar-refractivity contribution in [2.75, 3.05) is 0 Å². The lowest BCUT2D eigenvalue weighted by atomic mass is 9.72. The van der Waals surface area contributed by atoms with Gasteiger partial charge >= 0.3 is 0 Å². The van der Waals surface area contributed by atoms with Gasteiger partial charge in [-0.2, -0.15) is 0 Å². The minimum absolute atomic E-state index is 0.122. The monoisotopic (exact) mass is 347 g/mol. The van der Waals surface area contributed by atoms with Gasteiger partial charge in [-0.05, 0) is 41.4 Å². The molecule has 0 aliphatic carbocycles. The fourth-order valence-electron chi connectivity index (χ4n) is 3.29. The summed E-state index contributed by atoms with van der Waals surface area (Å²) in [7, 11) is 0. The van der Waals surface area contributed by atoms with Crippen molar-refractivity contribution < 1.29 is 4.92 Å². The Hall–Kier alpha value is -1.38. The first-order valence-corrected chi connectivity index (χ1v) is 9.40. The molecule has 0 N–H and O–H groups in total. The molecule has 0 aliphatic heterocycles. The van der Waals surface area contributed by atoms with E-state index in [1.165, 1.54) is 0 Å². The highest BCUT2D eigenvalue weighted by atomic mass is 16.6. The first kappa shape index (κ1) is 21.7. The minimum atomic E-state index is -0.235. The van der Waals surface area contributed by atoms with Crippen molar-refractivity contribution in [2.45, 2.75) is 87.0 Å². The summed E-state index contributed by atoms with van der Waals surface area (Å²) < 4.78 is 0. The van der Waals surface area contributed by atoms with Gasteiger partial charge in [0.1, 0.15) is 0 Å². The van der Waals surface area contributed by atoms with Gasteiger partial charge in [0.2, 0.25) is 0 Å². The summed E-state index contributed by atoms with van der Waals surface area (Å²) in [5.41, 5.74) is 2.20. The van der Waals surface area contributed by atoms with Gasteiger partial charge in [0.15, 0.2) is 0 Å². The Morgan fingerprint density at radius 1 is 1.00 bits per heavy atom. The molecular weight excluding hydrogens is 310 g/mol. The Morgan fingerprint density at radius 2 is 1.56 bits per heavy atom. The molecule has 25 heavy (non-hydrogen) atoms. The van der Waals surface area contributed by atoms with Crippen LogP contribution in [0.4, 0.5) is 5.69 Å². The van der Waals surface area contributed by atoms with Gasteiger partial charge in [0.25, 0.3) is 5.69 Å². The lowest BCUT2D eigenvalue weighted by Gasteiger charge is -2.33. The molecule has 1 rings (SSSR count). The molecule has 0 saturated heterocycles. The molecule has 0 fully saturated rings. The molecule has 0 amide bonds. The Morgan fingerprint density at radius 3 is 1.96 bits per heavy atom. The first-order valence-electron chi connectivity index (χ1n) is 9.40. The third kappa shape index (κ3) is 6.45. The second-order valence-electron chi connectivity index (χ2n) is 10.7. The Balaban J connectivity index is 3.27. The van der Waals surface area contributed by atoms with Crippen molar-refractivity contribution in [2.24, 2.45) is 16.7 Å². The number of nitro benzene ring substituents is 1. The van der Waals surface area contributed by atoms with E-state index in [9.17, 15) is 10.1 Å². The fourth-order valence-corrected chi connectivity index (χ4v) is 3.29. The van der Waals surface area contributed by atoms with Gasteiger partial charge in [0.05, 0.1) is 4.92 Å². The number of hydrogen-bond donors (Lipinski definition) is 0. The van der Waals surface area contributed by atoms with Crippen LogP contribution in [0.2, 0.25) is 0 Å². The molecule has 0 aliphatic rings. The lowest BCUT2D eigenvalue weighted by Crippen LogP contribution is -2.25. The molecule has 3 heteroatoms. The summed E-state index contributed by atoms with van der Waals surface area (Å²) in [5.74, 6) is 0.417. The summed E-state index contributed by atoms with van der Waals surface area (Å²) >= 11 is 0. The third-order valence-electron chi connectivity index (χ3n) is 5.04. The smallest absolute Gasteiger partial charge is 0.258 e. The van der Waals surface area contributed by atoms with E-state index in [4.69, 9.17) is 0 Å². The number of nitrogens with zero attached hydrogens (tertiary/aromatic N) is 1. The molecule has 0 aromatic heterocycles. The summed E-state index contributed by atoms with van der Waals surface area (Å²) in [6.45, 7) is 19.7. The number of benzene rings is 1. The largest absolute Gasteiger partial charge is 0.276 e. The molecule has 0 saturated carbocycles. The number of para-hydroxylation sites is 1. The van der Waals surface area contributed by atoms with Crippen molar-refractivity contribution in [1.29, 1.82) is 0 Å². The second-order valence-corrected chi connectivity index (χ2v) is 10.7. The Kier molecular flexibility index (Phi) is 6.47. The minimum Gasteiger partial charge on any atom is -0.258 e. The van der Waals surface area contributed by atoms with E-state index in [1.807, 2.05) is 39.0 Å². The maximum Gasteiger partial charge on any atom is 0.276 e. The van der Waals surface area contributed by atoms with E-state index in [2.05, 4.69) is 41.5 Å². The van der Waals surface area contributed by atoms with Crippen LogP contribution in [0.25, 0.3) is 0 Å². The predicted octanol–water partition coefficient (Wildman–Crippen LogP) is 6.92. The standard InChI is InChI=1S/C22H37NO2/c1-20(2,3)14-13-17(21(4,5)6)15-16-11-10-12-18(22(7,8)9)19(16)23(24)25/h10-12,17H,13-15H2,1-9H3. The van der Waals surface area contributed by atoms with Crippen molar-refractivity contribution >= 4 is 5.69 Å². The van der Waals surface area contributed by atoms with E-state index in [1.54, 1.807) is 0 Å². The highest BCUT2D eigenvalue weighted by molar-refractivity contribution is 5.51. The van der Waals surface area contributed by atoms with Crippen molar-refractivity contribution in [3.63, 3.8) is 0 Å². The SMILES string of the molecule is CC(C)(C)CCC(Cc1cccc(C(C)(C)C)c1[N+](=O)[O-])C(C)(C)C. The first-order chi connectivity index (χ1) is 11.1. The van der Waals surface area contributed by atoms with E-state index in [0.717, 1.165) is 30.4 Å². The van der Waals surface area contributed by atoms with Crippen molar-refractivity contribution in [3.05, 3.63) is 39.4 Å². The summed E-state index contributed by atoms with van der Waals surface area (Å²) in [6.07, 6.45) is 2.98. The summed E-state index contributed by atoms with van der Waals surface area (Å²) in [6, 6.07) is 5.83. The quantitative estimate of drug-likeness (QED) is 0.428. The lowest BCUT2D eigenvalue weighted by molar-refractivity contribution is -0.386. The van der Waals surface area contributed by atoms with Crippen LogP contribution in [0.1, 0.15) is 86.3 Å². The molecule has 1 aromatic rings. The average Bonchev–Trinajstić information content (AvgIpc) is 2.39. The maximum atomic E-state index is 11.8. The highest BCUT2D eigenvalue weighted by Gasteiger charge is 2.32. The van der Waals surface area contributed by atoms with Crippen LogP contribution in [0.3, 0.4) is 0 Å². The van der Waals surface area contributed by atoms with Gasteiger partial charge in [-0.15, -0.1) is 0 Å². The molecule has 0 heterocycles. The number of hydrogen-bond acceptors (Lipinski definition) is 2. The van der Waals surface area contributed by atoms with Crippen LogP contribution >= 0.6 is 0 Å². The molecule has 0 bridgehead atoms. The van der Waals surface area contributed by atoms with E-state index in [-0.39, 0.29) is 21.2 Å². The van der Waals surface area contributed by atoms with Crippen LogP contribution < -0.4 is 0 Å². The van der Waals surface area contributed by atoms with E-state index in [0.29, 0.717) is 11.6 Å². The van der Waals surface area contributed by atoms with Crippen LogP contribution in [-0.4, -0.2) is 4.92 Å². The van der Waals surface area contributed by atoms with Gasteiger partial charge in [-0.3, -0.25) is 10.1 Å². The molecular formula is C22H37NO2. The van der Waals surface area contributed by atoms with Crippen LogP contribution in [0.15, 0.2) is 18.2 Å². The Labute approximate surface area is 154 Å². The third-order valence-corrected chi connectivity index (χ3v) is 5.04. The molecule has 0 spiro atoms. The van der Waals surface area contributed by atoms with Gasteiger partial charge in [0, 0.05) is 11.1 Å². The molecule has 0 radical (unpaired) electrons. The number of rotatable bonds is 5. The molecule has 142 valence electrons. The molecule has 3 nitrogen and oxygen atoms in total. The second kappa shape index (κ2) is 7.47. The van der Waals surface area contributed by atoms with E-state index >= 15 is 0 Å². The van der Waals surface area contributed by atoms with Gasteiger partial charge in [-0.1, -0.05) is 80.5 Å². The van der Waals surface area contributed by atoms with Crippen LogP contribution in [0, 0.1) is 26.9 Å². The summed E-state index contributed by atoms with van der Waals surface area (Å²) in [4.78, 5) is 11.7. The van der Waals surface area contributed by atoms with Crippen LogP contribution in [0.5, 0.6) is 0 Å². The normalized spacial score (nSPS) is 14.4. The zero-order valence-electron chi connectivity index (χ0n) is 17.7. The van der Waals surface area contributed by atoms with E-state index < -0.39 is 0 Å². The van der Waals surface area contributed by atoms with Crippen molar-refractivity contribution in [1.82, 2.24) is 0 Å².